The maximum absolute atomic E-state index is 2.60. The molecule has 6 heteroatoms. The lowest BCUT2D eigenvalue weighted by atomic mass is 9.34. The Labute approximate surface area is 494 Å². The number of benzene rings is 13. The van der Waals surface area contributed by atoms with Crippen LogP contribution in [0.15, 0.2) is 322 Å². The monoisotopic (exact) mass is 1080 g/mol. The lowest BCUT2D eigenvalue weighted by Gasteiger charge is -2.35. The molecule has 17 rings (SSSR count). The minimum atomic E-state index is -0.169. The van der Waals surface area contributed by atoms with Crippen molar-refractivity contribution in [3.63, 3.8) is 0 Å². The van der Waals surface area contributed by atoms with Crippen LogP contribution in [0.25, 0.3) is 55.0 Å². The molecule has 0 amide bonds. The van der Waals surface area contributed by atoms with Gasteiger partial charge in [-0.25, -0.2) is 0 Å². The summed E-state index contributed by atoms with van der Waals surface area (Å²) in [5.74, 6) is 0.0252. The fraction of sp³-hybridized carbons (Fsp3) is 0.0127. The third kappa shape index (κ3) is 7.80. The molecular weight excluding hydrogens is 1030 g/mol. The Morgan fingerprint density at radius 2 is 0.576 bits per heavy atom. The van der Waals surface area contributed by atoms with E-state index in [9.17, 15) is 0 Å². The van der Waals surface area contributed by atoms with Gasteiger partial charge in [-0.15, -0.1) is 0 Å². The standard InChI is InChI=1S/C79H54BN5/c1-9-26-54(27-10-1)76(55-28-11-2-12-29-55)56-44-46-72-66(48-56)68-50-64(82(59-34-17-5-18-35-59)60-36-19-6-20-37-60)52-70-78(68)84(72)74-42-25-43-75-77(74)80(70)71-53-65(83(61-38-21-7-22-39-61)62-40-23-8-24-41-62)51-69-67-49-63(45-47-73(67)85(75)79(69)71)81(57-30-13-3-14-31-57)58-32-15-4-16-33-58/h1-53,76H. The molecule has 0 atom stereocenters. The molecule has 0 saturated heterocycles. The van der Waals surface area contributed by atoms with Crippen LogP contribution >= 0.6 is 0 Å². The fourth-order valence-corrected chi connectivity index (χ4v) is 14.2. The molecule has 4 heterocycles. The van der Waals surface area contributed by atoms with E-state index in [0.29, 0.717) is 0 Å². The highest BCUT2D eigenvalue weighted by atomic mass is 15.2. The molecule has 0 spiro atoms. The Hall–Kier alpha value is -11.1. The first kappa shape index (κ1) is 48.6. The number of rotatable bonds is 12. The molecule has 15 aromatic rings. The van der Waals surface area contributed by atoms with Crippen LogP contribution in [0.1, 0.15) is 22.6 Å². The van der Waals surface area contributed by atoms with E-state index in [1.165, 1.54) is 82.5 Å². The number of aromatic nitrogens is 2. The second-order valence-corrected chi connectivity index (χ2v) is 22.4. The van der Waals surface area contributed by atoms with Gasteiger partial charge in [0.2, 0.25) is 0 Å². The molecular formula is C79H54BN5. The maximum atomic E-state index is 2.60. The first-order valence-electron chi connectivity index (χ1n) is 29.4. The highest BCUT2D eigenvalue weighted by Gasteiger charge is 2.42. The van der Waals surface area contributed by atoms with Crippen molar-refractivity contribution in [1.82, 2.24) is 9.13 Å². The van der Waals surface area contributed by atoms with Crippen LogP contribution in [-0.4, -0.2) is 15.8 Å². The molecule has 13 aromatic carbocycles. The largest absolute Gasteiger partial charge is 0.311 e. The SMILES string of the molecule is c1ccc(C(c2ccccc2)c2ccc3c(c2)c2cc(N(c4ccccc4)c4ccccc4)cc4c2n3-c2cccc3c2B4c2cc(N(c4ccccc4)c4ccccc4)cc4c5cc(N(c6ccccc6)c6ccccc6)ccc5n-3c24)cc1. The van der Waals surface area contributed by atoms with Gasteiger partial charge in [0.25, 0.3) is 6.71 Å². The zero-order valence-electron chi connectivity index (χ0n) is 46.5. The van der Waals surface area contributed by atoms with E-state index in [-0.39, 0.29) is 12.6 Å². The van der Waals surface area contributed by atoms with E-state index < -0.39 is 0 Å². The van der Waals surface area contributed by atoms with Crippen molar-refractivity contribution in [3.8, 4) is 11.4 Å². The summed E-state index contributed by atoms with van der Waals surface area (Å²) >= 11 is 0. The van der Waals surface area contributed by atoms with E-state index in [2.05, 4.69) is 345 Å². The average molecular weight is 1080 g/mol. The van der Waals surface area contributed by atoms with Gasteiger partial charge in [-0.05, 0) is 173 Å². The Bertz CT molecular complexity index is 4520. The number of anilines is 9. The summed E-state index contributed by atoms with van der Waals surface area (Å²) in [4.78, 5) is 7.28. The predicted octanol–water partition coefficient (Wildman–Crippen LogP) is 18.6. The molecule has 2 aliphatic rings. The number of hydrogen-bond donors (Lipinski definition) is 0. The summed E-state index contributed by atoms with van der Waals surface area (Å²) in [6.45, 7) is -0.169. The zero-order valence-corrected chi connectivity index (χ0v) is 46.5. The van der Waals surface area contributed by atoms with Gasteiger partial charge >= 0.3 is 0 Å². The number of hydrogen-bond acceptors (Lipinski definition) is 3. The van der Waals surface area contributed by atoms with Gasteiger partial charge in [0, 0.05) is 101 Å². The molecule has 0 saturated carbocycles. The first-order chi connectivity index (χ1) is 42.2. The van der Waals surface area contributed by atoms with Crippen molar-refractivity contribution in [2.24, 2.45) is 0 Å². The third-order valence-corrected chi connectivity index (χ3v) is 17.7. The van der Waals surface area contributed by atoms with Crippen LogP contribution in [-0.2, 0) is 0 Å². The first-order valence-corrected chi connectivity index (χ1v) is 29.4. The summed E-state index contributed by atoms with van der Waals surface area (Å²) < 4.78 is 5.19. The van der Waals surface area contributed by atoms with E-state index in [1.54, 1.807) is 0 Å². The number of nitrogens with zero attached hydrogens (tertiary/aromatic N) is 5. The van der Waals surface area contributed by atoms with Crippen LogP contribution in [0.5, 0.6) is 0 Å². The lowest BCUT2D eigenvalue weighted by molar-refractivity contribution is 0.980. The van der Waals surface area contributed by atoms with Crippen molar-refractivity contribution in [2.45, 2.75) is 5.92 Å². The molecule has 0 N–H and O–H groups in total. The minimum absolute atomic E-state index is 0.0252. The molecule has 398 valence electrons. The van der Waals surface area contributed by atoms with Gasteiger partial charge in [-0.3, -0.25) is 0 Å². The molecule has 2 aromatic heterocycles. The molecule has 0 radical (unpaired) electrons. The Morgan fingerprint density at radius 3 is 0.965 bits per heavy atom. The van der Waals surface area contributed by atoms with E-state index in [4.69, 9.17) is 0 Å². The van der Waals surface area contributed by atoms with Crippen LogP contribution in [0, 0.1) is 0 Å². The van der Waals surface area contributed by atoms with Gasteiger partial charge < -0.3 is 23.8 Å². The highest BCUT2D eigenvalue weighted by Crippen LogP contribution is 2.47. The maximum Gasteiger partial charge on any atom is 0.252 e. The predicted molar refractivity (Wildman–Crippen MR) is 358 cm³/mol. The zero-order chi connectivity index (χ0) is 56.0. The lowest BCUT2D eigenvalue weighted by Crippen LogP contribution is -2.59. The van der Waals surface area contributed by atoms with Gasteiger partial charge in [-0.1, -0.05) is 182 Å². The summed E-state index contributed by atoms with van der Waals surface area (Å²) in [6, 6.07) is 118. The van der Waals surface area contributed by atoms with Gasteiger partial charge in [0.1, 0.15) is 0 Å². The highest BCUT2D eigenvalue weighted by molar-refractivity contribution is 7.00. The van der Waals surface area contributed by atoms with Crippen molar-refractivity contribution < 1.29 is 0 Å². The van der Waals surface area contributed by atoms with E-state index >= 15 is 0 Å². The average Bonchev–Trinajstić information content (AvgIpc) is 1.65. The second-order valence-electron chi connectivity index (χ2n) is 22.4. The molecule has 0 fully saturated rings. The molecule has 0 aliphatic carbocycles. The van der Waals surface area contributed by atoms with Gasteiger partial charge in [-0.2, -0.15) is 0 Å². The van der Waals surface area contributed by atoms with Crippen LogP contribution in [0.4, 0.5) is 51.2 Å². The summed E-state index contributed by atoms with van der Waals surface area (Å²) in [6.07, 6.45) is 0. The number of fused-ring (bicyclic) bond motifs is 10. The molecule has 5 nitrogen and oxygen atoms in total. The van der Waals surface area contributed by atoms with Crippen LogP contribution < -0.4 is 31.1 Å². The summed E-state index contributed by atoms with van der Waals surface area (Å²) in [5.41, 5.74) is 24.7. The summed E-state index contributed by atoms with van der Waals surface area (Å²) in [7, 11) is 0. The van der Waals surface area contributed by atoms with Gasteiger partial charge in [0.05, 0.1) is 11.0 Å². The molecule has 2 aliphatic heterocycles. The minimum Gasteiger partial charge on any atom is -0.311 e. The van der Waals surface area contributed by atoms with E-state index in [1.807, 2.05) is 0 Å². The summed E-state index contributed by atoms with van der Waals surface area (Å²) in [5, 5.41) is 4.83. The van der Waals surface area contributed by atoms with Crippen molar-refractivity contribution in [1.29, 1.82) is 0 Å². The van der Waals surface area contributed by atoms with Crippen molar-refractivity contribution in [3.05, 3.63) is 338 Å². The third-order valence-electron chi connectivity index (χ3n) is 17.7. The Kier molecular flexibility index (Phi) is 11.3. The molecule has 0 bridgehead atoms. The quantitative estimate of drug-likeness (QED) is 0.0898. The number of para-hydroxylation sites is 6. The Morgan fingerprint density at radius 1 is 0.247 bits per heavy atom. The molecule has 0 unspecified atom stereocenters. The fourth-order valence-electron chi connectivity index (χ4n) is 14.2. The second kappa shape index (κ2) is 19.8. The Balaban J connectivity index is 0.997. The van der Waals surface area contributed by atoms with Crippen molar-refractivity contribution in [2.75, 3.05) is 14.7 Å². The van der Waals surface area contributed by atoms with Gasteiger partial charge in [0.15, 0.2) is 0 Å². The smallest absolute Gasteiger partial charge is 0.252 e. The normalized spacial score (nSPS) is 12.1. The van der Waals surface area contributed by atoms with Crippen molar-refractivity contribution >= 4 is 118 Å². The van der Waals surface area contributed by atoms with E-state index in [0.717, 1.165) is 56.7 Å². The van der Waals surface area contributed by atoms with Crippen LogP contribution in [0.2, 0.25) is 0 Å². The van der Waals surface area contributed by atoms with Crippen LogP contribution in [0.3, 0.4) is 0 Å². The topological polar surface area (TPSA) is 19.6 Å². The molecule has 85 heavy (non-hydrogen) atoms.